The van der Waals surface area contributed by atoms with E-state index < -0.39 is 5.97 Å². The lowest BCUT2D eigenvalue weighted by molar-refractivity contribution is -0.138. The molecular formula is C22H25ClN4O4. The summed E-state index contributed by atoms with van der Waals surface area (Å²) in [4.78, 5) is 40.1. The second-order valence-electron chi connectivity index (χ2n) is 7.32. The summed E-state index contributed by atoms with van der Waals surface area (Å²) in [5.74, 6) is -0.280. The van der Waals surface area contributed by atoms with Crippen molar-refractivity contribution in [2.24, 2.45) is 0 Å². The second kappa shape index (κ2) is 10.3. The Bertz CT molecular complexity index is 1130. The molecule has 0 amide bonds. The van der Waals surface area contributed by atoms with Gasteiger partial charge in [0.1, 0.15) is 5.82 Å². The Morgan fingerprint density at radius 1 is 1.16 bits per heavy atom. The monoisotopic (exact) mass is 444 g/mol. The van der Waals surface area contributed by atoms with Crippen molar-refractivity contribution in [3.8, 4) is 11.3 Å². The van der Waals surface area contributed by atoms with Gasteiger partial charge in [-0.2, -0.15) is 0 Å². The van der Waals surface area contributed by atoms with Crippen molar-refractivity contribution in [2.75, 3.05) is 11.9 Å². The van der Waals surface area contributed by atoms with Crippen molar-refractivity contribution >= 4 is 34.9 Å². The number of aliphatic carboxylic acids is 1. The molecule has 0 saturated carbocycles. The van der Waals surface area contributed by atoms with Crippen LogP contribution in [0.15, 0.2) is 41.3 Å². The zero-order valence-electron chi connectivity index (χ0n) is 17.3. The number of aryl methyl sites for hydroxylation is 1. The lowest BCUT2D eigenvalue weighted by Crippen LogP contribution is -2.23. The Labute approximate surface area is 184 Å². The Morgan fingerprint density at radius 3 is 2.58 bits per heavy atom. The van der Waals surface area contributed by atoms with E-state index in [-0.39, 0.29) is 30.7 Å². The molecule has 0 bridgehead atoms. The van der Waals surface area contributed by atoms with Crippen LogP contribution in [0.1, 0.15) is 39.0 Å². The van der Waals surface area contributed by atoms with E-state index in [1.807, 2.05) is 16.7 Å². The Kier molecular flexibility index (Phi) is 7.46. The Hall–Kier alpha value is -3.13. The Balaban J connectivity index is 1.95. The van der Waals surface area contributed by atoms with Crippen LogP contribution in [0.4, 0.5) is 5.82 Å². The average molecular weight is 445 g/mol. The molecule has 0 aliphatic rings. The van der Waals surface area contributed by atoms with Gasteiger partial charge < -0.3 is 10.4 Å². The van der Waals surface area contributed by atoms with Crippen LogP contribution in [-0.2, 0) is 16.1 Å². The number of benzene rings is 1. The van der Waals surface area contributed by atoms with Gasteiger partial charge in [0, 0.05) is 35.8 Å². The van der Waals surface area contributed by atoms with E-state index in [1.54, 1.807) is 18.3 Å². The molecule has 0 fully saturated rings. The number of aromatic nitrogens is 3. The minimum atomic E-state index is -1.02. The fourth-order valence-electron chi connectivity index (χ4n) is 3.27. The van der Waals surface area contributed by atoms with Crippen molar-refractivity contribution in [1.82, 2.24) is 14.0 Å². The molecule has 0 atom stereocenters. The van der Waals surface area contributed by atoms with Crippen LogP contribution < -0.4 is 10.9 Å². The molecule has 8 nitrogen and oxygen atoms in total. The molecule has 3 rings (SSSR count). The third-order valence-corrected chi connectivity index (χ3v) is 5.18. The first-order chi connectivity index (χ1) is 14.9. The number of hydrogen-bond acceptors (Lipinski definition) is 5. The van der Waals surface area contributed by atoms with Crippen LogP contribution in [0.5, 0.6) is 0 Å². The first-order valence-corrected chi connectivity index (χ1v) is 10.6. The molecule has 0 aliphatic carbocycles. The second-order valence-corrected chi connectivity index (χ2v) is 7.75. The lowest BCUT2D eigenvalue weighted by Gasteiger charge is -2.15. The van der Waals surface area contributed by atoms with Gasteiger partial charge >= 0.3 is 5.97 Å². The van der Waals surface area contributed by atoms with Crippen molar-refractivity contribution in [1.29, 1.82) is 0 Å². The number of carbonyl (C=O) groups is 2. The summed E-state index contributed by atoms with van der Waals surface area (Å²) in [6.07, 6.45) is 4.36. The third-order valence-electron chi connectivity index (χ3n) is 4.93. The number of hydrogen-bond donors (Lipinski definition) is 2. The normalized spacial score (nSPS) is 11.0. The highest BCUT2D eigenvalue weighted by atomic mass is 35.5. The maximum atomic E-state index is 12.7. The number of nitrogens with zero attached hydrogens (tertiary/aromatic N) is 3. The summed E-state index contributed by atoms with van der Waals surface area (Å²) >= 11 is 5.97. The van der Waals surface area contributed by atoms with Gasteiger partial charge in [-0.1, -0.05) is 43.5 Å². The fourth-order valence-corrected chi connectivity index (χ4v) is 3.39. The van der Waals surface area contributed by atoms with Gasteiger partial charge in [-0.05, 0) is 18.6 Å². The summed E-state index contributed by atoms with van der Waals surface area (Å²) in [6.45, 7) is 2.68. The molecule has 1 aromatic carbocycles. The van der Waals surface area contributed by atoms with Gasteiger partial charge in [0.2, 0.25) is 5.78 Å². The number of Topliss-reactive ketones (excluding diaryl/α,β-unsaturated/α-hetero) is 1. The highest BCUT2D eigenvalue weighted by Crippen LogP contribution is 2.22. The number of carbonyl (C=O) groups excluding carboxylic acids is 1. The summed E-state index contributed by atoms with van der Waals surface area (Å²) < 4.78 is 3.38. The van der Waals surface area contributed by atoms with Gasteiger partial charge in [0.25, 0.3) is 5.56 Å². The molecule has 2 heterocycles. The number of carboxylic acids is 1. The number of carboxylic acid groups (broad SMARTS) is 1. The van der Waals surface area contributed by atoms with Gasteiger partial charge in [0.05, 0.1) is 18.7 Å². The van der Waals surface area contributed by atoms with Crippen LogP contribution in [-0.4, -0.2) is 37.4 Å². The summed E-state index contributed by atoms with van der Waals surface area (Å²) in [5, 5.41) is 12.4. The van der Waals surface area contributed by atoms with Crippen molar-refractivity contribution in [3.63, 3.8) is 0 Å². The molecule has 0 saturated heterocycles. The largest absolute Gasteiger partial charge is 0.481 e. The number of unbranched alkanes of at least 4 members (excludes halogenated alkanes) is 2. The molecule has 0 aliphatic heterocycles. The van der Waals surface area contributed by atoms with Gasteiger partial charge in [-0.3, -0.25) is 23.4 Å². The van der Waals surface area contributed by atoms with E-state index in [2.05, 4.69) is 17.2 Å². The van der Waals surface area contributed by atoms with Crippen molar-refractivity contribution < 1.29 is 14.7 Å². The molecule has 0 unspecified atom stereocenters. The smallest absolute Gasteiger partial charge is 0.303 e. The number of halogens is 1. The fraction of sp³-hybridized carbons (Fsp3) is 0.364. The number of ketones is 1. The highest BCUT2D eigenvalue weighted by Gasteiger charge is 2.15. The molecule has 3 aromatic rings. The number of anilines is 1. The van der Waals surface area contributed by atoms with Crippen molar-refractivity contribution in [3.05, 3.63) is 51.9 Å². The van der Waals surface area contributed by atoms with Crippen LogP contribution in [0.2, 0.25) is 5.02 Å². The predicted molar refractivity (Wildman–Crippen MR) is 120 cm³/mol. The first-order valence-electron chi connectivity index (χ1n) is 10.2. The Morgan fingerprint density at radius 2 is 1.90 bits per heavy atom. The van der Waals surface area contributed by atoms with E-state index in [4.69, 9.17) is 16.7 Å². The summed E-state index contributed by atoms with van der Waals surface area (Å²) in [5.41, 5.74) is 1.22. The molecule has 31 heavy (non-hydrogen) atoms. The van der Waals surface area contributed by atoms with Crippen LogP contribution >= 0.6 is 11.6 Å². The maximum Gasteiger partial charge on any atom is 0.303 e. The maximum absolute atomic E-state index is 12.7. The zero-order chi connectivity index (χ0) is 22.4. The first kappa shape index (κ1) is 22.6. The van der Waals surface area contributed by atoms with Gasteiger partial charge in [-0.15, -0.1) is 0 Å². The standard InChI is InChI=1S/C22H25ClN4O4/c1-2-3-4-11-26-19(24-13-17(28)9-10-21(30)31)12-20(29)27-14-18(25-22(26)27)15-5-7-16(23)8-6-15/h5-8,12,14,24H,2-4,9-11,13H2,1H3,(H,30,31). The van der Waals surface area contributed by atoms with Gasteiger partial charge in [-0.25, -0.2) is 4.98 Å². The lowest BCUT2D eigenvalue weighted by atomic mass is 10.2. The third kappa shape index (κ3) is 5.73. The average Bonchev–Trinajstić information content (AvgIpc) is 3.19. The molecular weight excluding hydrogens is 420 g/mol. The highest BCUT2D eigenvalue weighted by molar-refractivity contribution is 6.30. The molecule has 0 radical (unpaired) electrons. The molecule has 0 spiro atoms. The quantitative estimate of drug-likeness (QED) is 0.435. The number of rotatable bonds is 11. The predicted octanol–water partition coefficient (Wildman–Crippen LogP) is 3.85. The molecule has 9 heteroatoms. The molecule has 164 valence electrons. The minimum Gasteiger partial charge on any atom is -0.481 e. The van der Waals surface area contributed by atoms with E-state index in [0.29, 0.717) is 28.9 Å². The van der Waals surface area contributed by atoms with E-state index in [9.17, 15) is 14.4 Å². The van der Waals surface area contributed by atoms with Crippen LogP contribution in [0, 0.1) is 0 Å². The van der Waals surface area contributed by atoms with Crippen molar-refractivity contribution in [2.45, 2.75) is 45.6 Å². The molecule has 2 N–H and O–H groups in total. The van der Waals surface area contributed by atoms with Crippen LogP contribution in [0.25, 0.3) is 17.0 Å². The number of fused-ring (bicyclic) bond motifs is 1. The van der Waals surface area contributed by atoms with E-state index in [0.717, 1.165) is 24.8 Å². The van der Waals surface area contributed by atoms with E-state index in [1.165, 1.54) is 10.5 Å². The topological polar surface area (TPSA) is 106 Å². The number of imidazole rings is 1. The number of nitrogens with one attached hydrogen (secondary N) is 1. The van der Waals surface area contributed by atoms with E-state index >= 15 is 0 Å². The minimum absolute atomic E-state index is 0.0541. The SMILES string of the molecule is CCCCCn1c(NCC(=O)CCC(=O)O)cc(=O)n2cc(-c3ccc(Cl)cc3)nc12. The molecule has 2 aromatic heterocycles. The zero-order valence-corrected chi connectivity index (χ0v) is 18.1. The summed E-state index contributed by atoms with van der Waals surface area (Å²) in [6, 6.07) is 8.66. The van der Waals surface area contributed by atoms with Gasteiger partial charge in [0.15, 0.2) is 5.78 Å². The summed E-state index contributed by atoms with van der Waals surface area (Å²) in [7, 11) is 0. The van der Waals surface area contributed by atoms with Crippen LogP contribution in [0.3, 0.4) is 0 Å².